The van der Waals surface area contributed by atoms with Crippen LogP contribution in [0.4, 0.5) is 10.1 Å². The Balaban J connectivity index is 1.50. The fraction of sp³-hybridized carbons (Fsp3) is 0.158. The molecule has 5 nitrogen and oxygen atoms in total. The second kappa shape index (κ2) is 8.12. The van der Waals surface area contributed by atoms with Gasteiger partial charge in [0.05, 0.1) is 17.3 Å². The molecule has 0 fully saturated rings. The zero-order chi connectivity index (χ0) is 18.5. The van der Waals surface area contributed by atoms with Crippen molar-refractivity contribution in [3.8, 4) is 11.3 Å². The molecule has 2 aromatic carbocycles. The van der Waals surface area contributed by atoms with Crippen molar-refractivity contribution in [2.45, 2.75) is 13.5 Å². The molecule has 0 spiro atoms. The average molecular weight is 375 g/mol. The van der Waals surface area contributed by atoms with E-state index in [1.54, 1.807) is 30.3 Å². The minimum atomic E-state index is -0.323. The molecule has 0 unspecified atom stereocenters. The van der Waals surface area contributed by atoms with Gasteiger partial charge in [0.1, 0.15) is 18.1 Å². The van der Waals surface area contributed by atoms with Crippen LogP contribution in [0.2, 0.25) is 5.02 Å². The maximum Gasteiger partial charge on any atom is 0.250 e. The topological polar surface area (TPSA) is 64.4 Å². The lowest BCUT2D eigenvalue weighted by Crippen LogP contribution is -2.18. The van der Waals surface area contributed by atoms with E-state index in [0.29, 0.717) is 27.7 Å². The van der Waals surface area contributed by atoms with Gasteiger partial charge in [-0.2, -0.15) is 0 Å². The van der Waals surface area contributed by atoms with Gasteiger partial charge in [-0.25, -0.2) is 4.39 Å². The highest BCUT2D eigenvalue weighted by Crippen LogP contribution is 2.23. The second-order valence-electron chi connectivity index (χ2n) is 5.71. The Morgan fingerprint density at radius 1 is 1.23 bits per heavy atom. The van der Waals surface area contributed by atoms with Crippen LogP contribution in [0.15, 0.2) is 53.1 Å². The van der Waals surface area contributed by atoms with Crippen LogP contribution >= 0.6 is 11.6 Å². The number of halogens is 2. The first kappa shape index (κ1) is 18.1. The van der Waals surface area contributed by atoms with Crippen molar-refractivity contribution in [3.63, 3.8) is 0 Å². The van der Waals surface area contributed by atoms with Crippen LogP contribution in [0.5, 0.6) is 0 Å². The largest absolute Gasteiger partial charge is 0.365 e. The molecule has 0 saturated heterocycles. The summed E-state index contributed by atoms with van der Waals surface area (Å²) in [6.45, 7) is 1.88. The molecule has 0 aliphatic rings. The zero-order valence-corrected chi connectivity index (χ0v) is 14.7. The van der Waals surface area contributed by atoms with Gasteiger partial charge in [-0.15, -0.1) is 0 Å². The molecule has 1 N–H and O–H groups in total. The number of carbonyl (C=O) groups excluding carboxylic acids is 1. The normalized spacial score (nSPS) is 10.7. The lowest BCUT2D eigenvalue weighted by atomic mass is 10.1. The van der Waals surface area contributed by atoms with Gasteiger partial charge in [0.25, 0.3) is 0 Å². The average Bonchev–Trinajstić information content (AvgIpc) is 3.07. The first-order chi connectivity index (χ1) is 12.5. The van der Waals surface area contributed by atoms with E-state index in [0.717, 1.165) is 5.56 Å². The van der Waals surface area contributed by atoms with E-state index in [4.69, 9.17) is 20.9 Å². The number of nitrogens with one attached hydrogen (secondary N) is 1. The fourth-order valence-electron chi connectivity index (χ4n) is 2.29. The Bertz CT molecular complexity index is 909. The van der Waals surface area contributed by atoms with Crippen molar-refractivity contribution in [2.24, 2.45) is 0 Å². The third kappa shape index (κ3) is 4.68. The van der Waals surface area contributed by atoms with Crippen molar-refractivity contribution >= 4 is 23.2 Å². The molecule has 7 heteroatoms. The predicted octanol–water partition coefficient (Wildman–Crippen LogP) is 4.60. The summed E-state index contributed by atoms with van der Waals surface area (Å²) >= 11 is 6.07. The summed E-state index contributed by atoms with van der Waals surface area (Å²) in [5, 5.41) is 7.03. The Kier molecular flexibility index (Phi) is 5.65. The van der Waals surface area contributed by atoms with Gasteiger partial charge in [-0.1, -0.05) is 22.8 Å². The molecule has 1 amide bonds. The maximum atomic E-state index is 12.9. The third-order valence-electron chi connectivity index (χ3n) is 3.57. The van der Waals surface area contributed by atoms with E-state index in [9.17, 15) is 9.18 Å². The highest BCUT2D eigenvalue weighted by atomic mass is 35.5. The summed E-state index contributed by atoms with van der Waals surface area (Å²) in [5.41, 5.74) is 2.78. The molecule has 1 aromatic heterocycles. The monoisotopic (exact) mass is 374 g/mol. The van der Waals surface area contributed by atoms with Crippen LogP contribution < -0.4 is 5.32 Å². The summed E-state index contributed by atoms with van der Waals surface area (Å²) in [5.74, 6) is -0.144. The Morgan fingerprint density at radius 3 is 2.73 bits per heavy atom. The van der Waals surface area contributed by atoms with Crippen molar-refractivity contribution in [3.05, 3.63) is 70.6 Å². The Morgan fingerprint density at radius 2 is 2.00 bits per heavy atom. The number of aryl methyl sites for hydroxylation is 1. The van der Waals surface area contributed by atoms with E-state index in [1.807, 2.05) is 13.0 Å². The fourth-order valence-corrected chi connectivity index (χ4v) is 2.57. The molecule has 0 saturated carbocycles. The van der Waals surface area contributed by atoms with E-state index in [2.05, 4.69) is 10.5 Å². The standard InChI is InChI=1S/C19H16ClFN2O3/c1-12-2-7-17(16(20)8-12)22-19(24)11-25-10-15-9-18(26-23-15)13-3-5-14(21)6-4-13/h2-9H,10-11H2,1H3,(H,22,24). The summed E-state index contributed by atoms with van der Waals surface area (Å²) < 4.78 is 23.5. The number of anilines is 1. The quantitative estimate of drug-likeness (QED) is 0.685. The van der Waals surface area contributed by atoms with Crippen molar-refractivity contribution in [2.75, 3.05) is 11.9 Å². The summed E-state index contributed by atoms with van der Waals surface area (Å²) in [6, 6.07) is 12.9. The molecule has 0 aliphatic carbocycles. The predicted molar refractivity (Wildman–Crippen MR) is 96.4 cm³/mol. The van der Waals surface area contributed by atoms with Crippen LogP contribution in [-0.4, -0.2) is 17.7 Å². The third-order valence-corrected chi connectivity index (χ3v) is 3.88. The van der Waals surface area contributed by atoms with Gasteiger partial charge in [-0.05, 0) is 48.9 Å². The van der Waals surface area contributed by atoms with Crippen molar-refractivity contribution in [1.29, 1.82) is 0 Å². The van der Waals surface area contributed by atoms with E-state index < -0.39 is 0 Å². The van der Waals surface area contributed by atoms with Gasteiger partial charge < -0.3 is 14.6 Å². The summed E-state index contributed by atoms with van der Waals surface area (Å²) in [4.78, 5) is 11.9. The molecule has 0 atom stereocenters. The highest BCUT2D eigenvalue weighted by molar-refractivity contribution is 6.33. The summed E-state index contributed by atoms with van der Waals surface area (Å²) in [7, 11) is 0. The van der Waals surface area contributed by atoms with Crippen molar-refractivity contribution < 1.29 is 18.4 Å². The molecular formula is C19H16ClFN2O3. The molecule has 1 heterocycles. The van der Waals surface area contributed by atoms with Crippen LogP contribution in [-0.2, 0) is 16.1 Å². The zero-order valence-electron chi connectivity index (χ0n) is 14.0. The number of rotatable bonds is 6. The molecule has 3 aromatic rings. The molecule has 0 radical (unpaired) electrons. The van der Waals surface area contributed by atoms with Crippen LogP contribution in [0, 0.1) is 12.7 Å². The van der Waals surface area contributed by atoms with E-state index in [-0.39, 0.29) is 24.9 Å². The number of ether oxygens (including phenoxy) is 1. The SMILES string of the molecule is Cc1ccc(NC(=O)COCc2cc(-c3ccc(F)cc3)on2)c(Cl)c1. The van der Waals surface area contributed by atoms with Crippen LogP contribution in [0.3, 0.4) is 0 Å². The molecule has 3 rings (SSSR count). The Hall–Kier alpha value is -2.70. The number of benzene rings is 2. The molecular weight excluding hydrogens is 359 g/mol. The number of aromatic nitrogens is 1. The van der Waals surface area contributed by atoms with Crippen molar-refractivity contribution in [1.82, 2.24) is 5.16 Å². The molecule has 0 bridgehead atoms. The lowest BCUT2D eigenvalue weighted by molar-refractivity contribution is -0.121. The second-order valence-corrected chi connectivity index (χ2v) is 6.12. The highest BCUT2D eigenvalue weighted by Gasteiger charge is 2.09. The lowest BCUT2D eigenvalue weighted by Gasteiger charge is -2.07. The van der Waals surface area contributed by atoms with E-state index in [1.165, 1.54) is 12.1 Å². The minimum absolute atomic E-state index is 0.111. The van der Waals surface area contributed by atoms with Gasteiger partial charge in [0.2, 0.25) is 5.91 Å². The minimum Gasteiger partial charge on any atom is -0.365 e. The van der Waals surface area contributed by atoms with E-state index >= 15 is 0 Å². The van der Waals surface area contributed by atoms with Crippen LogP contribution in [0.1, 0.15) is 11.3 Å². The molecule has 134 valence electrons. The number of hydrogen-bond acceptors (Lipinski definition) is 4. The molecule has 0 aliphatic heterocycles. The van der Waals surface area contributed by atoms with Gasteiger partial charge in [0.15, 0.2) is 5.76 Å². The number of nitrogens with zero attached hydrogens (tertiary/aromatic N) is 1. The Labute approximate surface area is 154 Å². The number of amides is 1. The maximum absolute atomic E-state index is 12.9. The number of carbonyl (C=O) groups is 1. The van der Waals surface area contributed by atoms with Crippen LogP contribution in [0.25, 0.3) is 11.3 Å². The van der Waals surface area contributed by atoms with Gasteiger partial charge in [-0.3, -0.25) is 4.79 Å². The van der Waals surface area contributed by atoms with Gasteiger partial charge >= 0.3 is 0 Å². The molecule has 26 heavy (non-hydrogen) atoms. The smallest absolute Gasteiger partial charge is 0.250 e. The number of hydrogen-bond donors (Lipinski definition) is 1. The first-order valence-electron chi connectivity index (χ1n) is 7.86. The summed E-state index contributed by atoms with van der Waals surface area (Å²) in [6.07, 6.45) is 0. The first-order valence-corrected chi connectivity index (χ1v) is 8.24. The van der Waals surface area contributed by atoms with Gasteiger partial charge in [0, 0.05) is 11.6 Å².